The molecule has 0 bridgehead atoms. The van der Waals surface area contributed by atoms with Gasteiger partial charge in [-0.3, -0.25) is 9.36 Å². The summed E-state index contributed by atoms with van der Waals surface area (Å²) in [5.74, 6) is -0.283. The van der Waals surface area contributed by atoms with E-state index >= 15 is 0 Å². The van der Waals surface area contributed by atoms with Gasteiger partial charge >= 0.3 is 0 Å². The maximum atomic E-state index is 12.7. The summed E-state index contributed by atoms with van der Waals surface area (Å²) in [5.41, 5.74) is 0. The first kappa shape index (κ1) is 48.6. The minimum absolute atomic E-state index is 0.0285. The third kappa shape index (κ3) is 34.5. The number of hydrogen-bond acceptors (Lipinski definition) is 7. The van der Waals surface area contributed by atoms with Crippen molar-refractivity contribution in [3.05, 3.63) is 85.1 Å². The van der Waals surface area contributed by atoms with Gasteiger partial charge in [0.05, 0.1) is 46.0 Å². The molecule has 3 N–H and O–H groups in total. The number of amides is 1. The lowest BCUT2D eigenvalue weighted by Crippen LogP contribution is -2.45. The molecule has 1 unspecified atom stereocenters. The van der Waals surface area contributed by atoms with Crippen molar-refractivity contribution < 1.29 is 38.0 Å². The van der Waals surface area contributed by atoms with Crippen molar-refractivity contribution in [1.82, 2.24) is 5.32 Å². The van der Waals surface area contributed by atoms with Crippen LogP contribution in [0.15, 0.2) is 85.1 Å². The SMILES string of the molecule is CCCCCCC/C=C\CC/C=C/[C@@H](O)[C@H](COP(=O)([O-])OCC[N+](C)(C)C)NC(=O)CCC/C=C\C/C=C\C/C=C\C/C=C\C=C\[C@H](O)CC. The van der Waals surface area contributed by atoms with Crippen LogP contribution < -0.4 is 10.2 Å². The lowest BCUT2D eigenvalue weighted by molar-refractivity contribution is -0.870. The van der Waals surface area contributed by atoms with Gasteiger partial charge in [0.2, 0.25) is 5.91 Å². The molecule has 0 heterocycles. The monoisotopic (exact) mass is 734 g/mol. The highest BCUT2D eigenvalue weighted by Crippen LogP contribution is 2.38. The van der Waals surface area contributed by atoms with Crippen LogP contribution >= 0.6 is 7.82 Å². The number of likely N-dealkylation sites (N-methyl/N-ethyl adjacent to an activating group) is 1. The fourth-order valence-electron chi connectivity index (χ4n) is 4.50. The van der Waals surface area contributed by atoms with Gasteiger partial charge in [-0.15, -0.1) is 0 Å². The number of carbonyl (C=O) groups is 1. The van der Waals surface area contributed by atoms with E-state index in [9.17, 15) is 24.5 Å². The van der Waals surface area contributed by atoms with Crippen LogP contribution in [0.25, 0.3) is 0 Å². The lowest BCUT2D eigenvalue weighted by Gasteiger charge is -2.29. The number of nitrogens with one attached hydrogen (secondary N) is 1. The molecule has 0 aromatic heterocycles. The van der Waals surface area contributed by atoms with Crippen LogP contribution in [0.2, 0.25) is 0 Å². The molecule has 0 fully saturated rings. The Labute approximate surface area is 310 Å². The van der Waals surface area contributed by atoms with E-state index in [0.717, 1.165) is 44.9 Å². The number of quaternary nitrogens is 1. The van der Waals surface area contributed by atoms with Crippen molar-refractivity contribution >= 4 is 13.7 Å². The fourth-order valence-corrected chi connectivity index (χ4v) is 5.23. The average molecular weight is 735 g/mol. The Balaban J connectivity index is 4.70. The molecular weight excluding hydrogens is 663 g/mol. The van der Waals surface area contributed by atoms with Gasteiger partial charge < -0.3 is 34.0 Å². The van der Waals surface area contributed by atoms with Crippen LogP contribution in [0.4, 0.5) is 0 Å². The minimum atomic E-state index is -4.62. The molecule has 0 radical (unpaired) electrons. The Hall–Kier alpha value is -2.36. The number of hydrogen-bond donors (Lipinski definition) is 3. The zero-order chi connectivity index (χ0) is 38.1. The second kappa shape index (κ2) is 32.3. The van der Waals surface area contributed by atoms with Gasteiger partial charge in [-0.25, -0.2) is 0 Å². The zero-order valence-corrected chi connectivity index (χ0v) is 33.3. The van der Waals surface area contributed by atoms with Crippen molar-refractivity contribution in [3.8, 4) is 0 Å². The predicted molar refractivity (Wildman–Crippen MR) is 211 cm³/mol. The van der Waals surface area contributed by atoms with Crippen LogP contribution in [0, 0.1) is 0 Å². The fraction of sp³-hybridized carbons (Fsp3) is 0.634. The summed E-state index contributed by atoms with van der Waals surface area (Å²) in [6.07, 6.45) is 40.2. The third-order valence-corrected chi connectivity index (χ3v) is 8.71. The largest absolute Gasteiger partial charge is 0.756 e. The first-order valence-corrected chi connectivity index (χ1v) is 20.5. The van der Waals surface area contributed by atoms with Gasteiger partial charge in [0, 0.05) is 6.42 Å². The highest BCUT2D eigenvalue weighted by atomic mass is 31.2. The third-order valence-electron chi connectivity index (χ3n) is 7.75. The first-order chi connectivity index (χ1) is 24.4. The van der Waals surface area contributed by atoms with Gasteiger partial charge in [0.15, 0.2) is 0 Å². The number of aliphatic hydroxyl groups excluding tert-OH is 2. The molecule has 0 aliphatic rings. The molecule has 0 aliphatic heterocycles. The number of aliphatic hydroxyl groups is 2. The van der Waals surface area contributed by atoms with Crippen LogP contribution in [-0.2, 0) is 18.4 Å². The quantitative estimate of drug-likeness (QED) is 0.0209. The maximum Gasteiger partial charge on any atom is 0.268 e. The van der Waals surface area contributed by atoms with Crippen LogP contribution in [0.1, 0.15) is 110 Å². The Morgan fingerprint density at radius 3 is 2.00 bits per heavy atom. The molecule has 0 aromatic rings. The highest BCUT2D eigenvalue weighted by molar-refractivity contribution is 7.45. The van der Waals surface area contributed by atoms with Gasteiger partial charge in [0.1, 0.15) is 13.2 Å². The number of allylic oxidation sites excluding steroid dienone is 12. The average Bonchev–Trinajstić information content (AvgIpc) is 3.07. The molecule has 0 rings (SSSR count). The Morgan fingerprint density at radius 2 is 1.33 bits per heavy atom. The van der Waals surface area contributed by atoms with Crippen molar-refractivity contribution in [2.75, 3.05) is 40.9 Å². The predicted octanol–water partition coefficient (Wildman–Crippen LogP) is 8.19. The Bertz CT molecular complexity index is 1120. The van der Waals surface area contributed by atoms with Crippen molar-refractivity contribution in [3.63, 3.8) is 0 Å². The normalized spacial score (nSPS) is 16.2. The van der Waals surface area contributed by atoms with E-state index in [4.69, 9.17) is 9.05 Å². The molecule has 0 aliphatic carbocycles. The smallest absolute Gasteiger partial charge is 0.268 e. The van der Waals surface area contributed by atoms with E-state index in [1.165, 1.54) is 32.1 Å². The molecule has 51 heavy (non-hydrogen) atoms. The Morgan fingerprint density at radius 1 is 0.745 bits per heavy atom. The number of unbranched alkanes of at least 4 members (excludes halogenated alkanes) is 7. The highest BCUT2D eigenvalue weighted by Gasteiger charge is 2.23. The molecule has 0 aromatic carbocycles. The van der Waals surface area contributed by atoms with E-state index in [2.05, 4.69) is 54.8 Å². The maximum absolute atomic E-state index is 12.7. The van der Waals surface area contributed by atoms with Gasteiger partial charge in [-0.2, -0.15) is 0 Å². The van der Waals surface area contributed by atoms with E-state index < -0.39 is 26.6 Å². The molecule has 0 saturated carbocycles. The summed E-state index contributed by atoms with van der Waals surface area (Å²) in [6.45, 7) is 4.17. The summed E-state index contributed by atoms with van der Waals surface area (Å²) in [5, 5.41) is 23.1. The molecule has 0 saturated heterocycles. The van der Waals surface area contributed by atoms with Crippen LogP contribution in [-0.4, -0.2) is 79.8 Å². The summed E-state index contributed by atoms with van der Waals surface area (Å²) >= 11 is 0. The number of phosphoric acid groups is 1. The molecular formula is C41H71N2O7P. The van der Waals surface area contributed by atoms with Crippen LogP contribution in [0.5, 0.6) is 0 Å². The van der Waals surface area contributed by atoms with E-state index in [-0.39, 0.29) is 25.0 Å². The topological polar surface area (TPSA) is 128 Å². The first-order valence-electron chi connectivity index (χ1n) is 19.1. The standard InChI is InChI=1S/C41H71N2O7P/c1-6-8-9-10-11-12-17-21-24-27-30-33-40(45)39(37-50-51(47,48)49-36-35-43(3,4)5)42-41(46)34-31-28-25-22-19-16-14-13-15-18-20-23-26-29-32-38(44)7-2/h14-18,21-23,25-26,29-30,32-33,38-40,44-45H,6-13,19-20,24,27-28,31,34-37H2,1-5H3,(H-,42,46,47,48)/b16-14-,18-15-,21-17-,25-22-,26-23-,32-29+,33-30+/t38-,39+,40-/m1/s1. The van der Waals surface area contributed by atoms with E-state index in [0.29, 0.717) is 23.9 Å². The summed E-state index contributed by atoms with van der Waals surface area (Å²) < 4.78 is 23.0. The number of phosphoric ester groups is 1. The molecule has 10 heteroatoms. The van der Waals surface area contributed by atoms with E-state index in [1.807, 2.05) is 58.4 Å². The summed E-state index contributed by atoms with van der Waals surface area (Å²) in [4.78, 5) is 25.1. The zero-order valence-electron chi connectivity index (χ0n) is 32.4. The number of nitrogens with zero attached hydrogens (tertiary/aromatic N) is 1. The van der Waals surface area contributed by atoms with Gasteiger partial charge in [0.25, 0.3) is 7.82 Å². The Kier molecular flexibility index (Phi) is 30.8. The van der Waals surface area contributed by atoms with E-state index in [1.54, 1.807) is 12.2 Å². The number of carbonyl (C=O) groups excluding carboxylic acids is 1. The number of rotatable bonds is 32. The van der Waals surface area contributed by atoms with Gasteiger partial charge in [-0.05, 0) is 64.2 Å². The summed E-state index contributed by atoms with van der Waals surface area (Å²) in [6, 6.07) is -0.945. The second-order valence-corrected chi connectivity index (χ2v) is 15.1. The lowest BCUT2D eigenvalue weighted by atomic mass is 10.1. The molecule has 1 amide bonds. The van der Waals surface area contributed by atoms with Crippen molar-refractivity contribution in [2.45, 2.75) is 128 Å². The van der Waals surface area contributed by atoms with Crippen LogP contribution in [0.3, 0.4) is 0 Å². The molecule has 292 valence electrons. The molecule has 0 spiro atoms. The molecule has 9 nitrogen and oxygen atoms in total. The summed E-state index contributed by atoms with van der Waals surface area (Å²) in [7, 11) is 1.16. The molecule has 4 atom stereocenters. The van der Waals surface area contributed by atoms with Crippen molar-refractivity contribution in [1.29, 1.82) is 0 Å². The van der Waals surface area contributed by atoms with Crippen molar-refractivity contribution in [2.24, 2.45) is 0 Å². The second-order valence-electron chi connectivity index (χ2n) is 13.7. The van der Waals surface area contributed by atoms with Gasteiger partial charge in [-0.1, -0.05) is 125 Å². The minimum Gasteiger partial charge on any atom is -0.756 e.